The molecule has 1 N–H and O–H groups in total. The number of aryl methyl sites for hydroxylation is 2. The molecule has 46 heavy (non-hydrogen) atoms. The summed E-state index contributed by atoms with van der Waals surface area (Å²) in [7, 11) is 0. The lowest BCUT2D eigenvalue weighted by Crippen LogP contribution is -2.32. The number of hydrogen-bond acceptors (Lipinski definition) is 6. The number of halogens is 3. The number of nitrogens with one attached hydrogen (secondary N) is 1. The van der Waals surface area contributed by atoms with Crippen LogP contribution in [0, 0.1) is 6.92 Å². The molecule has 0 unspecified atom stereocenters. The second-order valence-electron chi connectivity index (χ2n) is 11.1. The SMILES string of the molecule is Cc1ccc(N2C(=O)CS/C2=N\C(=S)NCCCCc2ccc(-c3ncn(-c4ccc(OC(F)(F)F)cc4)n3)cc2)c(C(C)C)c1. The van der Waals surface area contributed by atoms with Crippen LogP contribution in [0.25, 0.3) is 17.1 Å². The van der Waals surface area contributed by atoms with Crippen LogP contribution in [0.2, 0.25) is 0 Å². The van der Waals surface area contributed by atoms with Crippen LogP contribution in [0.5, 0.6) is 5.75 Å². The maximum atomic E-state index is 12.8. The van der Waals surface area contributed by atoms with Crippen LogP contribution in [-0.2, 0) is 11.2 Å². The van der Waals surface area contributed by atoms with E-state index in [1.54, 1.807) is 4.90 Å². The van der Waals surface area contributed by atoms with Crippen molar-refractivity contribution in [2.75, 3.05) is 17.2 Å². The third-order valence-corrected chi connectivity index (χ3v) is 8.37. The average molecular weight is 667 g/mol. The lowest BCUT2D eigenvalue weighted by atomic mass is 9.98. The number of benzene rings is 3. The second-order valence-corrected chi connectivity index (χ2v) is 12.4. The van der Waals surface area contributed by atoms with Crippen LogP contribution >= 0.6 is 24.0 Å². The fourth-order valence-electron chi connectivity index (χ4n) is 4.94. The number of amides is 1. The van der Waals surface area contributed by atoms with Crippen LogP contribution in [0.4, 0.5) is 18.9 Å². The predicted molar refractivity (Wildman–Crippen MR) is 180 cm³/mol. The van der Waals surface area contributed by atoms with Gasteiger partial charge in [0.15, 0.2) is 16.1 Å². The smallest absolute Gasteiger partial charge is 0.406 e. The molecule has 0 atom stereocenters. The highest BCUT2D eigenvalue weighted by Crippen LogP contribution is 2.34. The van der Waals surface area contributed by atoms with Gasteiger partial charge in [0, 0.05) is 12.1 Å². The van der Waals surface area contributed by atoms with Crippen LogP contribution in [0.3, 0.4) is 0 Å². The first-order valence-corrected chi connectivity index (χ1v) is 16.2. The normalized spacial score (nSPS) is 14.4. The van der Waals surface area contributed by atoms with E-state index in [0.29, 0.717) is 34.1 Å². The minimum absolute atomic E-state index is 0.000555. The van der Waals surface area contributed by atoms with Crippen molar-refractivity contribution < 1.29 is 22.7 Å². The van der Waals surface area contributed by atoms with E-state index < -0.39 is 6.36 Å². The Kier molecular flexibility index (Phi) is 10.4. The molecule has 1 aromatic heterocycles. The second kappa shape index (κ2) is 14.5. The summed E-state index contributed by atoms with van der Waals surface area (Å²) in [4.78, 5) is 23.4. The van der Waals surface area contributed by atoms with Crippen LogP contribution < -0.4 is 15.0 Å². The van der Waals surface area contributed by atoms with Gasteiger partial charge in [-0.25, -0.2) is 9.67 Å². The van der Waals surface area contributed by atoms with Gasteiger partial charge in [-0.05, 0) is 85.8 Å². The first-order chi connectivity index (χ1) is 22.0. The molecule has 1 amide bonds. The van der Waals surface area contributed by atoms with Crippen LogP contribution in [-0.4, -0.2) is 49.6 Å². The molecule has 0 radical (unpaired) electrons. The van der Waals surface area contributed by atoms with E-state index in [1.165, 1.54) is 52.6 Å². The van der Waals surface area contributed by atoms with Crippen molar-refractivity contribution in [2.45, 2.75) is 52.3 Å². The number of anilines is 1. The maximum Gasteiger partial charge on any atom is 0.573 e. The summed E-state index contributed by atoms with van der Waals surface area (Å²) >= 11 is 6.89. The Morgan fingerprint density at radius 2 is 1.83 bits per heavy atom. The molecule has 0 spiro atoms. The Labute approximate surface area is 275 Å². The summed E-state index contributed by atoms with van der Waals surface area (Å²) in [6.07, 6.45) is -0.531. The Bertz CT molecular complexity index is 1720. The third-order valence-electron chi connectivity index (χ3n) is 7.22. The topological polar surface area (TPSA) is 84.6 Å². The number of nitrogens with zero attached hydrogens (tertiary/aromatic N) is 5. The molecular formula is C33H33F3N6O2S2. The third kappa shape index (κ3) is 8.52. The molecule has 3 aromatic carbocycles. The number of aliphatic imine (C=N–C) groups is 1. The van der Waals surface area contributed by atoms with Crippen molar-refractivity contribution in [1.82, 2.24) is 20.1 Å². The van der Waals surface area contributed by atoms with Gasteiger partial charge in [-0.2, -0.15) is 4.99 Å². The van der Waals surface area contributed by atoms with Crippen LogP contribution in [0.15, 0.2) is 78.0 Å². The maximum absolute atomic E-state index is 12.8. The molecule has 1 fully saturated rings. The summed E-state index contributed by atoms with van der Waals surface area (Å²) in [5, 5.41) is 8.62. The van der Waals surface area contributed by atoms with Crippen molar-refractivity contribution in [3.63, 3.8) is 0 Å². The number of aromatic nitrogens is 3. The summed E-state index contributed by atoms with van der Waals surface area (Å²) in [5.74, 6) is 0.800. The largest absolute Gasteiger partial charge is 0.573 e. The number of unbranched alkanes of at least 4 members (excludes halogenated alkanes) is 1. The highest BCUT2D eigenvalue weighted by Gasteiger charge is 2.32. The number of thiocarbonyl (C=S) groups is 1. The van der Waals surface area contributed by atoms with Gasteiger partial charge in [0.1, 0.15) is 12.1 Å². The lowest BCUT2D eigenvalue weighted by molar-refractivity contribution is -0.274. The number of carbonyl (C=O) groups is 1. The number of amidine groups is 1. The molecule has 5 rings (SSSR count). The summed E-state index contributed by atoms with van der Waals surface area (Å²) in [6.45, 7) is 6.94. The van der Waals surface area contributed by atoms with Gasteiger partial charge in [0.05, 0.1) is 17.1 Å². The highest BCUT2D eigenvalue weighted by molar-refractivity contribution is 8.15. The van der Waals surface area contributed by atoms with E-state index in [2.05, 4.69) is 45.0 Å². The number of thioether (sulfide) groups is 1. The molecule has 4 aromatic rings. The van der Waals surface area contributed by atoms with Crippen molar-refractivity contribution in [2.24, 2.45) is 4.99 Å². The monoisotopic (exact) mass is 666 g/mol. The molecular weight excluding hydrogens is 634 g/mol. The number of carbonyl (C=O) groups excluding carboxylic acids is 1. The van der Waals surface area contributed by atoms with Gasteiger partial charge in [-0.3, -0.25) is 9.69 Å². The van der Waals surface area contributed by atoms with E-state index in [4.69, 9.17) is 12.2 Å². The van der Waals surface area contributed by atoms with Gasteiger partial charge in [-0.1, -0.05) is 67.6 Å². The van der Waals surface area contributed by atoms with Crippen molar-refractivity contribution in [1.29, 1.82) is 0 Å². The molecule has 13 heteroatoms. The average Bonchev–Trinajstić information content (AvgIpc) is 3.64. The highest BCUT2D eigenvalue weighted by atomic mass is 32.2. The zero-order valence-electron chi connectivity index (χ0n) is 25.5. The molecule has 0 aliphatic carbocycles. The van der Waals surface area contributed by atoms with E-state index in [0.717, 1.165) is 41.6 Å². The number of hydrogen-bond donors (Lipinski definition) is 1. The zero-order chi connectivity index (χ0) is 32.8. The Morgan fingerprint density at radius 3 is 2.52 bits per heavy atom. The Hall–Kier alpha value is -4.23. The zero-order valence-corrected chi connectivity index (χ0v) is 27.2. The quantitative estimate of drug-likeness (QED) is 0.138. The van der Waals surface area contributed by atoms with Gasteiger partial charge < -0.3 is 10.1 Å². The fourth-order valence-corrected chi connectivity index (χ4v) is 6.05. The van der Waals surface area contributed by atoms with Gasteiger partial charge >= 0.3 is 6.36 Å². The molecule has 0 saturated carbocycles. The molecule has 1 saturated heterocycles. The summed E-state index contributed by atoms with van der Waals surface area (Å²) in [5.41, 5.74) is 5.67. The van der Waals surface area contributed by atoms with E-state index in [1.807, 2.05) is 43.3 Å². The standard InChI is InChI=1S/C33H33F3N6O2S2/c1-21(2)27-18-22(3)7-16-28(27)42-29(43)19-46-32(42)39-31(45)37-17-5-4-6-23-8-10-24(11-9-23)30-38-20-41(40-30)25-12-14-26(15-13-25)44-33(34,35)36/h7-16,18,20-21H,4-6,17,19H2,1-3H3,(H,37,45)/b39-32-. The molecule has 2 heterocycles. The molecule has 1 aliphatic heterocycles. The van der Waals surface area contributed by atoms with Crippen molar-refractivity contribution in [3.8, 4) is 22.8 Å². The molecule has 0 bridgehead atoms. The van der Waals surface area contributed by atoms with Gasteiger partial charge in [0.2, 0.25) is 5.91 Å². The van der Waals surface area contributed by atoms with Crippen molar-refractivity contribution >= 4 is 45.9 Å². The van der Waals surface area contributed by atoms with Crippen LogP contribution in [0.1, 0.15) is 49.3 Å². The van der Waals surface area contributed by atoms with Crippen molar-refractivity contribution in [3.05, 3.63) is 89.7 Å². The molecule has 1 aliphatic rings. The predicted octanol–water partition coefficient (Wildman–Crippen LogP) is 7.60. The minimum atomic E-state index is -4.74. The summed E-state index contributed by atoms with van der Waals surface area (Å²) < 4.78 is 42.6. The lowest BCUT2D eigenvalue weighted by Gasteiger charge is -2.22. The number of rotatable bonds is 10. The summed E-state index contributed by atoms with van der Waals surface area (Å²) in [6, 6.07) is 19.5. The van der Waals surface area contributed by atoms with E-state index in [-0.39, 0.29) is 17.6 Å². The molecule has 240 valence electrons. The van der Waals surface area contributed by atoms with Gasteiger partial charge in [-0.15, -0.1) is 18.3 Å². The molecule has 8 nitrogen and oxygen atoms in total. The number of alkyl halides is 3. The first kappa shape index (κ1) is 33.1. The fraction of sp³-hybridized carbons (Fsp3) is 0.303. The van der Waals surface area contributed by atoms with E-state index >= 15 is 0 Å². The Morgan fingerprint density at radius 1 is 1.09 bits per heavy atom. The minimum Gasteiger partial charge on any atom is -0.406 e. The van der Waals surface area contributed by atoms with E-state index in [9.17, 15) is 18.0 Å². The number of ether oxygens (including phenoxy) is 1. The van der Waals surface area contributed by atoms with Gasteiger partial charge in [0.25, 0.3) is 0 Å². The Balaban J connectivity index is 1.09. The first-order valence-electron chi connectivity index (χ1n) is 14.8.